The van der Waals surface area contributed by atoms with Crippen molar-refractivity contribution < 1.29 is 23.9 Å². The van der Waals surface area contributed by atoms with Gasteiger partial charge in [-0.05, 0) is 45.2 Å². The number of hydrogen-bond acceptors (Lipinski definition) is 5. The molecule has 0 aliphatic rings. The molecular formula is C27H36N4O5. The van der Waals surface area contributed by atoms with Crippen molar-refractivity contribution in [1.82, 2.24) is 15.5 Å². The molecule has 9 heteroatoms. The summed E-state index contributed by atoms with van der Waals surface area (Å²) in [6.45, 7) is 7.32. The second-order valence-corrected chi connectivity index (χ2v) is 9.34. The first-order valence-electron chi connectivity index (χ1n) is 12.0. The lowest BCUT2D eigenvalue weighted by atomic mass is 10.0. The number of nitrogens with one attached hydrogen (secondary N) is 2. The molecule has 36 heavy (non-hydrogen) atoms. The molecule has 2 rings (SSSR count). The Kier molecular flexibility index (Phi) is 10.5. The van der Waals surface area contributed by atoms with Crippen LogP contribution in [0.4, 0.5) is 4.79 Å². The van der Waals surface area contributed by atoms with E-state index in [0.29, 0.717) is 5.56 Å². The lowest BCUT2D eigenvalue weighted by molar-refractivity contribution is -0.142. The molecule has 0 saturated heterocycles. The summed E-state index contributed by atoms with van der Waals surface area (Å²) < 4.78 is 5.30. The van der Waals surface area contributed by atoms with Crippen molar-refractivity contribution in [2.75, 3.05) is 6.54 Å². The lowest BCUT2D eigenvalue weighted by Crippen LogP contribution is -2.53. The van der Waals surface area contributed by atoms with Gasteiger partial charge in [0.25, 0.3) is 0 Å². The maximum atomic E-state index is 13.7. The predicted octanol–water partition coefficient (Wildman–Crippen LogP) is 3.05. The number of likely N-dealkylation sites (N-methyl/N-ethyl adjacent to an activating group) is 1. The van der Waals surface area contributed by atoms with Gasteiger partial charge in [-0.3, -0.25) is 14.4 Å². The largest absolute Gasteiger partial charge is 0.444 e. The van der Waals surface area contributed by atoms with Crippen LogP contribution < -0.4 is 16.4 Å². The minimum atomic E-state index is -1.11. The summed E-state index contributed by atoms with van der Waals surface area (Å²) in [5.41, 5.74) is 6.05. The van der Waals surface area contributed by atoms with Gasteiger partial charge in [-0.1, -0.05) is 60.7 Å². The molecule has 0 aliphatic carbocycles. The number of benzene rings is 2. The van der Waals surface area contributed by atoms with E-state index >= 15 is 0 Å². The fraction of sp³-hybridized carbons (Fsp3) is 0.407. The van der Waals surface area contributed by atoms with Gasteiger partial charge in [0.2, 0.25) is 17.7 Å². The third kappa shape index (κ3) is 9.05. The number of rotatable bonds is 11. The minimum Gasteiger partial charge on any atom is -0.444 e. The zero-order chi connectivity index (χ0) is 26.7. The number of alkyl carbamates (subject to hydrolysis) is 1. The maximum Gasteiger partial charge on any atom is 0.408 e. The van der Waals surface area contributed by atoms with E-state index in [0.717, 1.165) is 5.56 Å². The first-order valence-corrected chi connectivity index (χ1v) is 12.0. The summed E-state index contributed by atoms with van der Waals surface area (Å²) in [6, 6.07) is 16.3. The zero-order valence-corrected chi connectivity index (χ0v) is 21.3. The Hall–Kier alpha value is -3.88. The summed E-state index contributed by atoms with van der Waals surface area (Å²) in [4.78, 5) is 52.4. The van der Waals surface area contributed by atoms with Crippen LogP contribution >= 0.6 is 0 Å². The Bertz CT molecular complexity index is 1020. The zero-order valence-electron chi connectivity index (χ0n) is 21.3. The average molecular weight is 497 g/mol. The lowest BCUT2D eigenvalue weighted by Gasteiger charge is -2.33. The highest BCUT2D eigenvalue weighted by Crippen LogP contribution is 2.23. The Labute approximate surface area is 212 Å². The van der Waals surface area contributed by atoms with Crippen LogP contribution in [0.15, 0.2) is 60.7 Å². The summed E-state index contributed by atoms with van der Waals surface area (Å²) in [5, 5.41) is 5.46. The molecule has 0 bridgehead atoms. The van der Waals surface area contributed by atoms with Crippen LogP contribution in [0.2, 0.25) is 0 Å². The summed E-state index contributed by atoms with van der Waals surface area (Å²) in [5.74, 6) is -1.50. The number of nitrogens with two attached hydrogens (primary N) is 1. The Morgan fingerprint density at radius 2 is 1.56 bits per heavy atom. The number of carbonyl (C=O) groups excluding carboxylic acids is 4. The van der Waals surface area contributed by atoms with Crippen LogP contribution in [0.25, 0.3) is 0 Å². The van der Waals surface area contributed by atoms with Crippen molar-refractivity contribution in [2.24, 2.45) is 5.73 Å². The highest BCUT2D eigenvalue weighted by atomic mass is 16.6. The van der Waals surface area contributed by atoms with E-state index in [1.54, 1.807) is 52.0 Å². The van der Waals surface area contributed by atoms with Crippen molar-refractivity contribution in [3.05, 3.63) is 71.8 Å². The molecule has 2 aromatic rings. The van der Waals surface area contributed by atoms with Crippen molar-refractivity contribution >= 4 is 23.8 Å². The van der Waals surface area contributed by atoms with Gasteiger partial charge in [0.15, 0.2) is 0 Å². The van der Waals surface area contributed by atoms with Gasteiger partial charge in [0.05, 0.1) is 0 Å². The first-order chi connectivity index (χ1) is 17.0. The van der Waals surface area contributed by atoms with Gasteiger partial charge in [-0.15, -0.1) is 0 Å². The molecule has 4 N–H and O–H groups in total. The van der Waals surface area contributed by atoms with Gasteiger partial charge in [-0.2, -0.15) is 0 Å². The predicted molar refractivity (Wildman–Crippen MR) is 136 cm³/mol. The van der Waals surface area contributed by atoms with E-state index in [4.69, 9.17) is 10.5 Å². The fourth-order valence-corrected chi connectivity index (χ4v) is 3.65. The number of carbonyl (C=O) groups is 4. The molecule has 2 atom stereocenters. The van der Waals surface area contributed by atoms with E-state index in [1.807, 2.05) is 36.4 Å². The Balaban J connectivity index is 2.33. The molecule has 0 aromatic heterocycles. The molecular weight excluding hydrogens is 460 g/mol. The third-order valence-electron chi connectivity index (χ3n) is 5.28. The van der Waals surface area contributed by atoms with E-state index in [1.165, 1.54) is 4.90 Å². The molecule has 0 radical (unpaired) electrons. The molecule has 4 amide bonds. The number of hydrogen-bond donors (Lipinski definition) is 3. The van der Waals surface area contributed by atoms with Crippen LogP contribution in [0.3, 0.4) is 0 Å². The SMILES string of the molecule is CCN(C(=O)C(CCC(N)=O)NC(=O)OC(C)(C)C)C(C(=O)NCc1ccccc1)c1ccccc1. The average Bonchev–Trinajstić information content (AvgIpc) is 2.83. The molecule has 0 aliphatic heterocycles. The number of ether oxygens (including phenoxy) is 1. The smallest absolute Gasteiger partial charge is 0.408 e. The fourth-order valence-electron chi connectivity index (χ4n) is 3.65. The van der Waals surface area contributed by atoms with Crippen LogP contribution in [-0.2, 0) is 25.7 Å². The molecule has 2 aromatic carbocycles. The van der Waals surface area contributed by atoms with Gasteiger partial charge >= 0.3 is 6.09 Å². The summed E-state index contributed by atoms with van der Waals surface area (Å²) >= 11 is 0. The third-order valence-corrected chi connectivity index (χ3v) is 5.28. The summed E-state index contributed by atoms with van der Waals surface area (Å²) in [7, 11) is 0. The topological polar surface area (TPSA) is 131 Å². The highest BCUT2D eigenvalue weighted by molar-refractivity contribution is 5.92. The monoisotopic (exact) mass is 496 g/mol. The van der Waals surface area contributed by atoms with Crippen LogP contribution in [-0.4, -0.2) is 46.9 Å². The Morgan fingerprint density at radius 1 is 0.972 bits per heavy atom. The molecule has 9 nitrogen and oxygen atoms in total. The standard InChI is InChI=1S/C27H36N4O5/c1-5-31(25(34)21(16-17-22(28)32)30-26(35)36-27(2,3)4)23(20-14-10-7-11-15-20)24(33)29-18-19-12-8-6-9-13-19/h6-15,21,23H,5,16-18H2,1-4H3,(H2,28,32)(H,29,33)(H,30,35). The second-order valence-electron chi connectivity index (χ2n) is 9.34. The molecule has 0 heterocycles. The van der Waals surface area contributed by atoms with Crippen LogP contribution in [0, 0.1) is 0 Å². The number of amides is 4. The van der Waals surface area contributed by atoms with Gasteiger partial charge in [0.1, 0.15) is 17.7 Å². The number of primary amides is 1. The van der Waals surface area contributed by atoms with E-state index in [2.05, 4.69) is 10.6 Å². The molecule has 194 valence electrons. The molecule has 0 saturated carbocycles. The normalized spacial score (nSPS) is 12.7. The van der Waals surface area contributed by atoms with Gasteiger partial charge in [0, 0.05) is 19.5 Å². The van der Waals surface area contributed by atoms with Crippen LogP contribution in [0.1, 0.15) is 57.7 Å². The summed E-state index contributed by atoms with van der Waals surface area (Å²) in [6.07, 6.45) is -0.956. The van der Waals surface area contributed by atoms with Crippen LogP contribution in [0.5, 0.6) is 0 Å². The molecule has 2 unspecified atom stereocenters. The second kappa shape index (κ2) is 13.3. The van der Waals surface area contributed by atoms with Crippen molar-refractivity contribution in [3.8, 4) is 0 Å². The van der Waals surface area contributed by atoms with Crippen molar-refractivity contribution in [3.63, 3.8) is 0 Å². The minimum absolute atomic E-state index is 0.0307. The maximum absolute atomic E-state index is 13.7. The Morgan fingerprint density at radius 3 is 2.08 bits per heavy atom. The molecule has 0 spiro atoms. The quantitative estimate of drug-likeness (QED) is 0.440. The molecule has 0 fully saturated rings. The number of nitrogens with zero attached hydrogens (tertiary/aromatic N) is 1. The highest BCUT2D eigenvalue weighted by Gasteiger charge is 2.35. The van der Waals surface area contributed by atoms with Crippen molar-refractivity contribution in [2.45, 2.75) is 64.8 Å². The van der Waals surface area contributed by atoms with E-state index in [-0.39, 0.29) is 31.8 Å². The van der Waals surface area contributed by atoms with E-state index < -0.39 is 35.6 Å². The van der Waals surface area contributed by atoms with Gasteiger partial charge < -0.3 is 26.0 Å². The van der Waals surface area contributed by atoms with E-state index in [9.17, 15) is 19.2 Å². The van der Waals surface area contributed by atoms with Crippen molar-refractivity contribution in [1.29, 1.82) is 0 Å². The van der Waals surface area contributed by atoms with Gasteiger partial charge in [-0.25, -0.2) is 4.79 Å². The first kappa shape index (κ1) is 28.4.